The molecule has 3 unspecified atom stereocenters. The number of carbonyl (C=O) groups excluding carboxylic acids is 2. The zero-order chi connectivity index (χ0) is 24.1. The van der Waals surface area contributed by atoms with Crippen molar-refractivity contribution < 1.29 is 14.3 Å². The van der Waals surface area contributed by atoms with Gasteiger partial charge in [-0.25, -0.2) is 4.79 Å². The molecule has 9 heteroatoms. The van der Waals surface area contributed by atoms with Crippen LogP contribution in [-0.2, 0) is 11.3 Å². The summed E-state index contributed by atoms with van der Waals surface area (Å²) in [5.41, 5.74) is 1.67. The average molecular weight is 485 g/mol. The van der Waals surface area contributed by atoms with Crippen LogP contribution < -0.4 is 20.9 Å². The quantitative estimate of drug-likeness (QED) is 0.601. The van der Waals surface area contributed by atoms with Gasteiger partial charge in [0.15, 0.2) is 0 Å². The number of rotatable bonds is 8. The summed E-state index contributed by atoms with van der Waals surface area (Å²) in [6.45, 7) is 4.25. The largest absolute Gasteiger partial charge is 0.494 e. The molecule has 4 rings (SSSR count). The fourth-order valence-electron chi connectivity index (χ4n) is 4.84. The number of ether oxygens (including phenoxy) is 1. The molecule has 182 valence electrons. The van der Waals surface area contributed by atoms with E-state index in [0.29, 0.717) is 38.3 Å². The van der Waals surface area contributed by atoms with Gasteiger partial charge in [0.05, 0.1) is 6.61 Å². The SMILES string of the molecule is CCOc1ccc(NC(=O)C(CCSC)NC(=O)N2CC3CC(C2)c2cccc(=O)n2C3)cc1. The van der Waals surface area contributed by atoms with Crippen LogP contribution in [0.5, 0.6) is 5.75 Å². The van der Waals surface area contributed by atoms with Crippen LogP contribution in [0, 0.1) is 5.92 Å². The van der Waals surface area contributed by atoms with Gasteiger partial charge in [-0.05, 0) is 68.0 Å². The van der Waals surface area contributed by atoms with Crippen LogP contribution in [0.3, 0.4) is 0 Å². The summed E-state index contributed by atoms with van der Waals surface area (Å²) in [5.74, 6) is 1.63. The Balaban J connectivity index is 1.41. The van der Waals surface area contributed by atoms with Crippen molar-refractivity contribution in [2.45, 2.75) is 38.3 Å². The van der Waals surface area contributed by atoms with Crippen molar-refractivity contribution in [3.05, 3.63) is 58.5 Å². The lowest BCUT2D eigenvalue weighted by atomic mass is 9.83. The van der Waals surface area contributed by atoms with Gasteiger partial charge in [-0.3, -0.25) is 9.59 Å². The van der Waals surface area contributed by atoms with Crippen LogP contribution in [0.15, 0.2) is 47.3 Å². The molecule has 1 fully saturated rings. The van der Waals surface area contributed by atoms with Crippen molar-refractivity contribution in [3.63, 3.8) is 0 Å². The van der Waals surface area contributed by atoms with Gasteiger partial charge in [0.1, 0.15) is 11.8 Å². The minimum Gasteiger partial charge on any atom is -0.494 e. The molecule has 34 heavy (non-hydrogen) atoms. The number of hydrogen-bond donors (Lipinski definition) is 2. The van der Waals surface area contributed by atoms with Crippen LogP contribution in [-0.4, -0.2) is 59.2 Å². The van der Waals surface area contributed by atoms with Crippen molar-refractivity contribution in [1.29, 1.82) is 0 Å². The summed E-state index contributed by atoms with van der Waals surface area (Å²) in [4.78, 5) is 40.3. The Kier molecular flexibility index (Phi) is 7.82. The predicted octanol–water partition coefficient (Wildman–Crippen LogP) is 3.14. The third-order valence-corrected chi connectivity index (χ3v) is 7.07. The number of fused-ring (bicyclic) bond motifs is 4. The van der Waals surface area contributed by atoms with Crippen LogP contribution in [0.25, 0.3) is 0 Å². The second-order valence-electron chi connectivity index (χ2n) is 8.83. The summed E-state index contributed by atoms with van der Waals surface area (Å²) in [6, 6.07) is 11.7. The number of benzene rings is 1. The number of likely N-dealkylation sites (tertiary alicyclic amines) is 1. The second kappa shape index (κ2) is 11.0. The maximum Gasteiger partial charge on any atom is 0.318 e. The Morgan fingerprint density at radius 3 is 2.68 bits per heavy atom. The molecule has 3 atom stereocenters. The number of aromatic nitrogens is 1. The maximum absolute atomic E-state index is 13.2. The summed E-state index contributed by atoms with van der Waals surface area (Å²) >= 11 is 1.64. The molecule has 1 aromatic heterocycles. The molecular weight excluding hydrogens is 452 g/mol. The third-order valence-electron chi connectivity index (χ3n) is 6.42. The lowest BCUT2D eigenvalue weighted by Crippen LogP contribution is -2.55. The van der Waals surface area contributed by atoms with E-state index in [0.717, 1.165) is 23.6 Å². The Labute approximate surface area is 204 Å². The molecule has 8 nitrogen and oxygen atoms in total. The molecule has 3 heterocycles. The monoisotopic (exact) mass is 484 g/mol. The number of piperidine rings is 1. The predicted molar refractivity (Wildman–Crippen MR) is 135 cm³/mol. The Bertz CT molecular complexity index is 1070. The first-order chi connectivity index (χ1) is 16.5. The first-order valence-electron chi connectivity index (χ1n) is 11.8. The second-order valence-corrected chi connectivity index (χ2v) is 9.82. The molecule has 2 aliphatic rings. The molecule has 0 spiro atoms. The highest BCUT2D eigenvalue weighted by atomic mass is 32.2. The third kappa shape index (κ3) is 5.58. The minimum absolute atomic E-state index is 0.0215. The lowest BCUT2D eigenvalue weighted by molar-refractivity contribution is -0.118. The van der Waals surface area contributed by atoms with Crippen molar-refractivity contribution in [3.8, 4) is 5.75 Å². The lowest BCUT2D eigenvalue weighted by Gasteiger charge is -2.43. The zero-order valence-electron chi connectivity index (χ0n) is 19.7. The van der Waals surface area contributed by atoms with Gasteiger partial charge in [0.25, 0.3) is 5.56 Å². The number of urea groups is 1. The number of nitrogens with one attached hydrogen (secondary N) is 2. The van der Waals surface area contributed by atoms with Crippen LogP contribution >= 0.6 is 11.8 Å². The van der Waals surface area contributed by atoms with E-state index in [9.17, 15) is 14.4 Å². The molecule has 3 amide bonds. The van der Waals surface area contributed by atoms with Crippen molar-refractivity contribution in [2.24, 2.45) is 5.92 Å². The van der Waals surface area contributed by atoms with Crippen molar-refractivity contribution >= 4 is 29.4 Å². The average Bonchev–Trinajstić information content (AvgIpc) is 2.83. The Morgan fingerprint density at radius 1 is 1.15 bits per heavy atom. The first kappa shape index (κ1) is 24.2. The Morgan fingerprint density at radius 2 is 1.94 bits per heavy atom. The van der Waals surface area contributed by atoms with Crippen LogP contribution in [0.4, 0.5) is 10.5 Å². The normalized spacial score (nSPS) is 19.6. The molecule has 1 aromatic carbocycles. The highest BCUT2D eigenvalue weighted by Gasteiger charge is 2.37. The maximum atomic E-state index is 13.2. The van der Waals surface area contributed by atoms with Gasteiger partial charge in [-0.2, -0.15) is 11.8 Å². The first-order valence-corrected chi connectivity index (χ1v) is 13.2. The van der Waals surface area contributed by atoms with E-state index >= 15 is 0 Å². The number of amides is 3. The summed E-state index contributed by atoms with van der Waals surface area (Å²) in [7, 11) is 0. The number of carbonyl (C=O) groups is 2. The molecule has 2 aromatic rings. The fraction of sp³-hybridized carbons (Fsp3) is 0.480. The summed E-state index contributed by atoms with van der Waals surface area (Å²) in [5, 5.41) is 5.88. The van der Waals surface area contributed by atoms with E-state index in [1.54, 1.807) is 40.9 Å². The van der Waals surface area contributed by atoms with E-state index < -0.39 is 6.04 Å². The van der Waals surface area contributed by atoms with Gasteiger partial charge in [0.2, 0.25) is 5.91 Å². The summed E-state index contributed by atoms with van der Waals surface area (Å²) < 4.78 is 7.30. The number of thioether (sulfide) groups is 1. The van der Waals surface area contributed by atoms with E-state index in [2.05, 4.69) is 10.6 Å². The van der Waals surface area contributed by atoms with E-state index in [-0.39, 0.29) is 29.3 Å². The smallest absolute Gasteiger partial charge is 0.318 e. The van der Waals surface area contributed by atoms with Crippen LogP contribution in [0.1, 0.15) is 31.4 Å². The number of anilines is 1. The molecule has 2 N–H and O–H groups in total. The molecule has 2 aliphatic heterocycles. The van der Waals surface area contributed by atoms with E-state index in [1.165, 1.54) is 0 Å². The number of nitrogens with zero attached hydrogens (tertiary/aromatic N) is 2. The summed E-state index contributed by atoms with van der Waals surface area (Å²) in [6.07, 6.45) is 3.49. The Hall–Kier alpha value is -2.94. The molecule has 0 aliphatic carbocycles. The van der Waals surface area contributed by atoms with Gasteiger partial charge in [-0.15, -0.1) is 0 Å². The molecule has 2 bridgehead atoms. The van der Waals surface area contributed by atoms with Gasteiger partial charge < -0.3 is 24.8 Å². The van der Waals surface area contributed by atoms with Crippen molar-refractivity contribution in [2.75, 3.05) is 37.0 Å². The van der Waals surface area contributed by atoms with Gasteiger partial charge >= 0.3 is 6.03 Å². The highest BCUT2D eigenvalue weighted by molar-refractivity contribution is 7.98. The standard InChI is InChI=1S/C25H32N4O4S/c1-3-33-20-9-7-19(8-10-20)26-24(31)21(11-12-34-2)27-25(32)28-14-17-13-18(16-28)22-5-4-6-23(30)29(22)15-17/h4-10,17-18,21H,3,11-16H2,1-2H3,(H,26,31)(H,27,32). The highest BCUT2D eigenvalue weighted by Crippen LogP contribution is 2.34. The van der Waals surface area contributed by atoms with Crippen molar-refractivity contribution in [1.82, 2.24) is 14.8 Å². The number of hydrogen-bond acceptors (Lipinski definition) is 5. The van der Waals surface area contributed by atoms with Crippen LogP contribution in [0.2, 0.25) is 0 Å². The topological polar surface area (TPSA) is 92.7 Å². The zero-order valence-corrected chi connectivity index (χ0v) is 20.5. The van der Waals surface area contributed by atoms with Gasteiger partial charge in [0, 0.05) is 43.0 Å². The molecule has 0 saturated carbocycles. The fourth-order valence-corrected chi connectivity index (χ4v) is 5.31. The molecule has 1 saturated heterocycles. The van der Waals surface area contributed by atoms with Gasteiger partial charge in [-0.1, -0.05) is 6.07 Å². The molecular formula is C25H32N4O4S. The number of pyridine rings is 1. The van der Waals surface area contributed by atoms with E-state index in [4.69, 9.17) is 4.74 Å². The minimum atomic E-state index is -0.636. The molecule has 0 radical (unpaired) electrons. The van der Waals surface area contributed by atoms with E-state index in [1.807, 2.05) is 35.9 Å².